The van der Waals surface area contributed by atoms with Crippen LogP contribution in [0.4, 0.5) is 17.5 Å². The van der Waals surface area contributed by atoms with E-state index in [1.165, 1.54) is 0 Å². The number of aromatic nitrogens is 5. The van der Waals surface area contributed by atoms with Gasteiger partial charge >= 0.3 is 0 Å². The van der Waals surface area contributed by atoms with Crippen LogP contribution in [0.25, 0.3) is 11.1 Å². The smallest absolute Gasteiger partial charge is 0.298 e. The molecule has 0 radical (unpaired) electrons. The fourth-order valence-corrected chi connectivity index (χ4v) is 3.30. The van der Waals surface area contributed by atoms with Gasteiger partial charge in [-0.2, -0.15) is 10.1 Å². The van der Waals surface area contributed by atoms with Crippen LogP contribution in [0.3, 0.4) is 0 Å². The number of amides is 1. The van der Waals surface area contributed by atoms with Crippen LogP contribution in [0.15, 0.2) is 41.2 Å². The number of H-pyrrole nitrogens is 1. The van der Waals surface area contributed by atoms with E-state index in [1.807, 2.05) is 30.0 Å². The van der Waals surface area contributed by atoms with Crippen molar-refractivity contribution in [1.29, 1.82) is 0 Å². The summed E-state index contributed by atoms with van der Waals surface area (Å²) in [5.74, 6) is -0.232. The lowest BCUT2D eigenvalue weighted by molar-refractivity contribution is 0.0995. The molecule has 1 aromatic carbocycles. The topological polar surface area (TPSA) is 139 Å². The monoisotopic (exact) mass is 390 g/mol. The van der Waals surface area contributed by atoms with Gasteiger partial charge in [0.05, 0.1) is 23.8 Å². The summed E-state index contributed by atoms with van der Waals surface area (Å²) in [4.78, 5) is 27.2. The highest BCUT2D eigenvalue weighted by atomic mass is 16.4. The van der Waals surface area contributed by atoms with Gasteiger partial charge in [0.15, 0.2) is 17.1 Å². The number of carbonyl (C=O) groups is 1. The number of fused-ring (bicyclic) bond motifs is 1. The van der Waals surface area contributed by atoms with Crippen molar-refractivity contribution in [2.45, 2.75) is 12.8 Å². The highest BCUT2D eigenvalue weighted by Crippen LogP contribution is 2.33. The van der Waals surface area contributed by atoms with Crippen molar-refractivity contribution in [3.8, 4) is 0 Å². The minimum absolute atomic E-state index is 0.0967. The van der Waals surface area contributed by atoms with Gasteiger partial charge in [0.2, 0.25) is 0 Å². The van der Waals surface area contributed by atoms with Crippen LogP contribution in [0.5, 0.6) is 0 Å². The molecule has 1 aliphatic heterocycles. The maximum Gasteiger partial charge on any atom is 0.298 e. The summed E-state index contributed by atoms with van der Waals surface area (Å²) in [6.45, 7) is 3.36. The maximum absolute atomic E-state index is 11.9. The fraction of sp³-hybridized carbons (Fsp3) is 0.211. The van der Waals surface area contributed by atoms with Crippen LogP contribution in [-0.2, 0) is 0 Å². The predicted molar refractivity (Wildman–Crippen MR) is 106 cm³/mol. The number of aryl methyl sites for hydroxylation is 1. The standard InChI is InChI=1S/C19H18N8O2/c1-10-2-3-13-15(4-10)29-19(26-13)27-8-11(9-27)14-7-21-18(16(25-14)17(20)28)24-12-5-22-23-6-12/h2-7,11H,8-9H2,1H3,(H2,20,28)(H,21,24)(H,22,23). The molecule has 5 rings (SSSR count). The first-order chi connectivity index (χ1) is 14.1. The molecule has 0 bridgehead atoms. The van der Waals surface area contributed by atoms with Gasteiger partial charge in [0, 0.05) is 25.2 Å². The summed E-state index contributed by atoms with van der Waals surface area (Å²) < 4.78 is 5.86. The van der Waals surface area contributed by atoms with E-state index in [2.05, 4.69) is 30.5 Å². The quantitative estimate of drug-likeness (QED) is 0.471. The highest BCUT2D eigenvalue weighted by Gasteiger charge is 2.33. The van der Waals surface area contributed by atoms with Crippen LogP contribution in [0, 0.1) is 6.92 Å². The Morgan fingerprint density at radius 3 is 2.93 bits per heavy atom. The maximum atomic E-state index is 11.9. The molecule has 4 heterocycles. The van der Waals surface area contributed by atoms with Crippen molar-refractivity contribution in [2.75, 3.05) is 23.3 Å². The van der Waals surface area contributed by atoms with Gasteiger partial charge in [-0.15, -0.1) is 0 Å². The van der Waals surface area contributed by atoms with E-state index in [0.29, 0.717) is 36.3 Å². The Morgan fingerprint density at radius 2 is 2.17 bits per heavy atom. The Morgan fingerprint density at radius 1 is 1.31 bits per heavy atom. The number of hydrogen-bond donors (Lipinski definition) is 3. The first-order valence-electron chi connectivity index (χ1n) is 9.11. The van der Waals surface area contributed by atoms with Gasteiger partial charge in [0.1, 0.15) is 5.52 Å². The lowest BCUT2D eigenvalue weighted by Gasteiger charge is -2.37. The van der Waals surface area contributed by atoms with Gasteiger partial charge in [0.25, 0.3) is 11.9 Å². The van der Waals surface area contributed by atoms with Gasteiger partial charge in [-0.3, -0.25) is 9.89 Å². The zero-order chi connectivity index (χ0) is 20.0. The predicted octanol–water partition coefficient (Wildman–Crippen LogP) is 2.10. The molecule has 0 saturated carbocycles. The molecule has 0 unspecified atom stereocenters. The van der Waals surface area contributed by atoms with Gasteiger partial charge in [-0.1, -0.05) is 6.07 Å². The lowest BCUT2D eigenvalue weighted by Crippen LogP contribution is -2.45. The minimum Gasteiger partial charge on any atom is -0.423 e. The first-order valence-corrected chi connectivity index (χ1v) is 9.11. The molecule has 1 aliphatic rings. The van der Waals surface area contributed by atoms with Gasteiger partial charge in [-0.05, 0) is 24.6 Å². The van der Waals surface area contributed by atoms with Crippen LogP contribution in [0.2, 0.25) is 0 Å². The summed E-state index contributed by atoms with van der Waals surface area (Å²) in [7, 11) is 0. The second-order valence-electron chi connectivity index (χ2n) is 7.04. The third kappa shape index (κ3) is 3.14. The van der Waals surface area contributed by atoms with E-state index < -0.39 is 5.91 Å². The van der Waals surface area contributed by atoms with Crippen molar-refractivity contribution in [1.82, 2.24) is 25.1 Å². The number of anilines is 3. The molecule has 10 heteroatoms. The normalized spacial score (nSPS) is 14.2. The first kappa shape index (κ1) is 17.2. The average Bonchev–Trinajstić information content (AvgIpc) is 3.30. The molecule has 0 atom stereocenters. The largest absolute Gasteiger partial charge is 0.423 e. The van der Waals surface area contributed by atoms with Crippen molar-refractivity contribution < 1.29 is 9.21 Å². The number of carbonyl (C=O) groups excluding carboxylic acids is 1. The average molecular weight is 390 g/mol. The Labute approximate surface area is 165 Å². The second-order valence-corrected chi connectivity index (χ2v) is 7.04. The van der Waals surface area contributed by atoms with Crippen LogP contribution in [-0.4, -0.2) is 44.1 Å². The third-order valence-electron chi connectivity index (χ3n) is 4.89. The van der Waals surface area contributed by atoms with Crippen molar-refractivity contribution in [2.24, 2.45) is 5.73 Å². The molecule has 4 aromatic rings. The number of oxazole rings is 1. The summed E-state index contributed by atoms with van der Waals surface area (Å²) in [6, 6.07) is 6.52. The minimum atomic E-state index is -0.643. The number of hydrogen-bond acceptors (Lipinski definition) is 8. The third-order valence-corrected chi connectivity index (χ3v) is 4.89. The number of nitrogens with two attached hydrogens (primary N) is 1. The van der Waals surface area contributed by atoms with Gasteiger partial charge < -0.3 is 20.4 Å². The number of aromatic amines is 1. The summed E-state index contributed by atoms with van der Waals surface area (Å²) in [5.41, 5.74) is 9.70. The van der Waals surface area contributed by atoms with Crippen LogP contribution < -0.4 is 16.0 Å². The highest BCUT2D eigenvalue weighted by molar-refractivity contribution is 5.96. The Balaban J connectivity index is 1.34. The van der Waals surface area contributed by atoms with E-state index in [1.54, 1.807) is 18.6 Å². The molecule has 1 amide bonds. The Bertz CT molecular complexity index is 1190. The Hall–Kier alpha value is -3.95. The number of rotatable bonds is 5. The zero-order valence-electron chi connectivity index (χ0n) is 15.6. The number of nitrogens with zero attached hydrogens (tertiary/aromatic N) is 5. The molecule has 3 aromatic heterocycles. The van der Waals surface area contributed by atoms with E-state index in [0.717, 1.165) is 16.7 Å². The number of nitrogens with one attached hydrogen (secondary N) is 2. The second kappa shape index (κ2) is 6.59. The van der Waals surface area contributed by atoms with Crippen LogP contribution >= 0.6 is 0 Å². The van der Waals surface area contributed by atoms with E-state index in [9.17, 15) is 4.79 Å². The van der Waals surface area contributed by atoms with Crippen molar-refractivity contribution in [3.05, 3.63) is 53.7 Å². The molecular formula is C19H18N8O2. The van der Waals surface area contributed by atoms with E-state index in [-0.39, 0.29) is 11.6 Å². The summed E-state index contributed by atoms with van der Waals surface area (Å²) >= 11 is 0. The molecule has 0 aliphatic carbocycles. The SMILES string of the molecule is Cc1ccc2nc(N3CC(c4cnc(Nc5cn[nH]c5)c(C(N)=O)n4)C3)oc2c1. The molecule has 1 fully saturated rings. The van der Waals surface area contributed by atoms with E-state index in [4.69, 9.17) is 10.2 Å². The van der Waals surface area contributed by atoms with Crippen molar-refractivity contribution >= 4 is 34.5 Å². The Kier molecular flexibility index (Phi) is 3.90. The molecule has 10 nitrogen and oxygen atoms in total. The summed E-state index contributed by atoms with van der Waals surface area (Å²) in [5, 5.41) is 9.52. The van der Waals surface area contributed by atoms with Crippen LogP contribution in [0.1, 0.15) is 27.7 Å². The summed E-state index contributed by atoms with van der Waals surface area (Å²) in [6.07, 6.45) is 4.88. The molecule has 0 spiro atoms. The molecule has 1 saturated heterocycles. The number of primary amides is 1. The van der Waals surface area contributed by atoms with Gasteiger partial charge in [-0.25, -0.2) is 9.97 Å². The molecular weight excluding hydrogens is 372 g/mol. The molecule has 29 heavy (non-hydrogen) atoms. The molecule has 4 N–H and O–H groups in total. The number of benzene rings is 1. The fourth-order valence-electron chi connectivity index (χ4n) is 3.30. The van der Waals surface area contributed by atoms with Crippen molar-refractivity contribution in [3.63, 3.8) is 0 Å². The lowest BCUT2D eigenvalue weighted by atomic mass is 9.97. The van der Waals surface area contributed by atoms with E-state index >= 15 is 0 Å². The molecule has 146 valence electrons. The zero-order valence-corrected chi connectivity index (χ0v) is 15.6.